The highest BCUT2D eigenvalue weighted by molar-refractivity contribution is 9.11. The maximum absolute atomic E-state index is 10.8. The number of nitrogens with one attached hydrogen (secondary N) is 1. The van der Waals surface area contributed by atoms with E-state index in [9.17, 15) is 8.42 Å². The van der Waals surface area contributed by atoms with E-state index in [4.69, 9.17) is 9.76 Å². The maximum atomic E-state index is 10.8. The Morgan fingerprint density at radius 3 is 1.93 bits per heavy atom. The van der Waals surface area contributed by atoms with Gasteiger partial charge in [-0.3, -0.25) is 15.2 Å². The number of halogens is 2. The van der Waals surface area contributed by atoms with E-state index in [2.05, 4.69) is 31.9 Å². The molecular weight excluding hydrogens is 342 g/mol. The molecule has 0 saturated carbocycles. The zero-order valence-corrected chi connectivity index (χ0v) is 10.5. The van der Waals surface area contributed by atoms with E-state index in [1.165, 1.54) is 12.1 Å². The van der Waals surface area contributed by atoms with Crippen molar-refractivity contribution in [3.63, 3.8) is 0 Å². The molecule has 14 heavy (non-hydrogen) atoms. The van der Waals surface area contributed by atoms with E-state index in [0.717, 1.165) is 0 Å². The molecule has 1 aromatic carbocycles. The summed E-state index contributed by atoms with van der Waals surface area (Å²) in [4.78, 5) is -0.268. The Morgan fingerprint density at radius 1 is 1.21 bits per heavy atom. The van der Waals surface area contributed by atoms with Gasteiger partial charge < -0.3 is 0 Å². The van der Waals surface area contributed by atoms with Crippen LogP contribution in [-0.2, 0) is 10.1 Å². The van der Waals surface area contributed by atoms with Crippen molar-refractivity contribution < 1.29 is 18.2 Å². The lowest BCUT2D eigenvalue weighted by atomic mass is 10.3. The molecule has 0 amide bonds. The number of hydrogen-bond donors (Lipinski definition) is 3. The molecule has 0 aromatic heterocycles. The first-order valence-electron chi connectivity index (χ1n) is 3.23. The van der Waals surface area contributed by atoms with Crippen LogP contribution in [0.15, 0.2) is 26.0 Å². The van der Waals surface area contributed by atoms with Gasteiger partial charge in [-0.15, -0.1) is 0 Å². The standard InChI is InChI=1S/C6H5Br2NO4S/c7-4-1-3(14(11,12)13)2-5(8)6(4)9-10/h1-2,9-10H,(H,11,12,13). The molecule has 78 valence electrons. The molecule has 0 fully saturated rings. The Hall–Kier alpha value is -0.150. The van der Waals surface area contributed by atoms with Crippen LogP contribution in [0.25, 0.3) is 0 Å². The zero-order valence-electron chi connectivity index (χ0n) is 6.53. The van der Waals surface area contributed by atoms with Crippen molar-refractivity contribution in [1.82, 2.24) is 0 Å². The fraction of sp³-hybridized carbons (Fsp3) is 0. The van der Waals surface area contributed by atoms with Gasteiger partial charge in [-0.2, -0.15) is 8.42 Å². The van der Waals surface area contributed by atoms with E-state index in [1.807, 2.05) is 5.48 Å². The second-order valence-corrected chi connectivity index (χ2v) is 5.48. The van der Waals surface area contributed by atoms with Crippen LogP contribution in [0.1, 0.15) is 0 Å². The lowest BCUT2D eigenvalue weighted by Gasteiger charge is -2.06. The molecule has 0 aliphatic heterocycles. The summed E-state index contributed by atoms with van der Waals surface area (Å²) in [6, 6.07) is 2.33. The Balaban J connectivity index is 3.43. The summed E-state index contributed by atoms with van der Waals surface area (Å²) < 4.78 is 30.9. The van der Waals surface area contributed by atoms with Crippen LogP contribution in [0.3, 0.4) is 0 Å². The van der Waals surface area contributed by atoms with Crippen molar-refractivity contribution >= 4 is 47.7 Å². The molecule has 0 saturated heterocycles. The maximum Gasteiger partial charge on any atom is 0.294 e. The smallest absolute Gasteiger partial charge is 0.291 e. The molecule has 0 spiro atoms. The van der Waals surface area contributed by atoms with E-state index in [1.54, 1.807) is 0 Å². The average molecular weight is 347 g/mol. The third kappa shape index (κ3) is 2.45. The average Bonchev–Trinajstić information content (AvgIpc) is 2.01. The number of hydrogen-bond acceptors (Lipinski definition) is 4. The van der Waals surface area contributed by atoms with Crippen molar-refractivity contribution in [2.75, 3.05) is 5.48 Å². The second kappa shape index (κ2) is 4.15. The van der Waals surface area contributed by atoms with Gasteiger partial charge in [-0.05, 0) is 44.0 Å². The van der Waals surface area contributed by atoms with Gasteiger partial charge in [-0.25, -0.2) is 0 Å². The van der Waals surface area contributed by atoms with Gasteiger partial charge in [0.2, 0.25) is 0 Å². The molecule has 0 atom stereocenters. The summed E-state index contributed by atoms with van der Waals surface area (Å²) in [5.74, 6) is 0. The molecule has 3 N–H and O–H groups in total. The van der Waals surface area contributed by atoms with Gasteiger partial charge in [-0.1, -0.05) is 0 Å². The van der Waals surface area contributed by atoms with E-state index in [0.29, 0.717) is 8.95 Å². The summed E-state index contributed by atoms with van der Waals surface area (Å²) >= 11 is 6.05. The fourth-order valence-electron chi connectivity index (χ4n) is 0.806. The lowest BCUT2D eigenvalue weighted by molar-refractivity contribution is 0.388. The highest BCUT2D eigenvalue weighted by atomic mass is 79.9. The van der Waals surface area contributed by atoms with Crippen molar-refractivity contribution in [2.45, 2.75) is 4.90 Å². The van der Waals surface area contributed by atoms with Crippen LogP contribution in [0, 0.1) is 0 Å². The highest BCUT2D eigenvalue weighted by Gasteiger charge is 2.14. The van der Waals surface area contributed by atoms with Crippen LogP contribution in [0.2, 0.25) is 0 Å². The molecule has 1 rings (SSSR count). The molecule has 8 heteroatoms. The van der Waals surface area contributed by atoms with Crippen molar-refractivity contribution in [1.29, 1.82) is 0 Å². The summed E-state index contributed by atoms with van der Waals surface area (Å²) in [6.07, 6.45) is 0. The van der Waals surface area contributed by atoms with Crippen LogP contribution in [-0.4, -0.2) is 18.2 Å². The Bertz CT molecular complexity index is 436. The third-order valence-electron chi connectivity index (χ3n) is 1.43. The largest absolute Gasteiger partial charge is 0.294 e. The summed E-state index contributed by atoms with van der Waals surface area (Å²) in [5.41, 5.74) is 2.15. The topological polar surface area (TPSA) is 86.6 Å². The van der Waals surface area contributed by atoms with E-state index >= 15 is 0 Å². The molecule has 0 aliphatic rings. The summed E-state index contributed by atoms with van der Waals surface area (Å²) in [5, 5.41) is 8.67. The number of anilines is 1. The van der Waals surface area contributed by atoms with Gasteiger partial charge >= 0.3 is 0 Å². The normalized spacial score (nSPS) is 11.4. The lowest BCUT2D eigenvalue weighted by Crippen LogP contribution is -2.00. The predicted molar refractivity (Wildman–Crippen MR) is 57.1 cm³/mol. The minimum absolute atomic E-state index is 0.268. The Kier molecular flexibility index (Phi) is 3.53. The molecular formula is C6H5Br2NO4S. The van der Waals surface area contributed by atoms with Crippen LogP contribution < -0.4 is 5.48 Å². The van der Waals surface area contributed by atoms with Crippen molar-refractivity contribution in [2.24, 2.45) is 0 Å². The molecule has 0 heterocycles. The summed E-state index contributed by atoms with van der Waals surface area (Å²) in [6.45, 7) is 0. The monoisotopic (exact) mass is 345 g/mol. The minimum atomic E-state index is -4.24. The molecule has 5 nitrogen and oxygen atoms in total. The van der Waals surface area contributed by atoms with Gasteiger partial charge in [0.05, 0.1) is 10.6 Å². The highest BCUT2D eigenvalue weighted by Crippen LogP contribution is 2.33. The minimum Gasteiger partial charge on any atom is -0.291 e. The van der Waals surface area contributed by atoms with Gasteiger partial charge in [0.15, 0.2) is 0 Å². The fourth-order valence-corrected chi connectivity index (χ4v) is 3.01. The second-order valence-electron chi connectivity index (χ2n) is 2.35. The first-order valence-corrected chi connectivity index (χ1v) is 6.25. The van der Waals surface area contributed by atoms with Crippen LogP contribution in [0.4, 0.5) is 5.69 Å². The number of rotatable bonds is 2. The zero-order chi connectivity index (χ0) is 10.9. The summed E-state index contributed by atoms with van der Waals surface area (Å²) in [7, 11) is -4.24. The van der Waals surface area contributed by atoms with Gasteiger partial charge in [0, 0.05) is 8.95 Å². The van der Waals surface area contributed by atoms with Crippen molar-refractivity contribution in [3.8, 4) is 0 Å². The Labute approximate surface area is 97.1 Å². The quantitative estimate of drug-likeness (QED) is 0.564. The first-order chi connectivity index (χ1) is 6.36. The predicted octanol–water partition coefficient (Wildman–Crippen LogP) is 2.26. The van der Waals surface area contributed by atoms with Crippen LogP contribution >= 0.6 is 31.9 Å². The Morgan fingerprint density at radius 2 is 1.64 bits per heavy atom. The van der Waals surface area contributed by atoms with Crippen LogP contribution in [0.5, 0.6) is 0 Å². The van der Waals surface area contributed by atoms with Gasteiger partial charge in [0.25, 0.3) is 10.1 Å². The SMILES string of the molecule is O=S(=O)(O)c1cc(Br)c(NO)c(Br)c1. The van der Waals surface area contributed by atoms with E-state index < -0.39 is 10.1 Å². The molecule has 0 radical (unpaired) electrons. The third-order valence-corrected chi connectivity index (χ3v) is 3.51. The molecule has 0 aliphatic carbocycles. The number of benzene rings is 1. The first kappa shape index (κ1) is 11.9. The van der Waals surface area contributed by atoms with Crippen molar-refractivity contribution in [3.05, 3.63) is 21.1 Å². The molecule has 0 unspecified atom stereocenters. The molecule has 0 bridgehead atoms. The molecule has 1 aromatic rings. The van der Waals surface area contributed by atoms with E-state index in [-0.39, 0.29) is 10.6 Å². The van der Waals surface area contributed by atoms with Gasteiger partial charge in [0.1, 0.15) is 0 Å².